The normalized spacial score (nSPS) is 17.3. The first-order valence-corrected chi connectivity index (χ1v) is 10.7. The van der Waals surface area contributed by atoms with Crippen LogP contribution in [0.4, 0.5) is 5.69 Å². The fraction of sp³-hybridized carbons (Fsp3) is 0.304. The Labute approximate surface area is 203 Å². The molecule has 0 radical (unpaired) electrons. The molecule has 1 heterocycles. The third kappa shape index (κ3) is 5.52. The summed E-state index contributed by atoms with van der Waals surface area (Å²) in [7, 11) is 0. The standard InChI is InChI=1S/C23H24ClN3O5.ClH/c1-3-25(4-2)13-14-26-20(15-7-11-18(12-8-15)27(31)32)19(22(29)23(26)30)21(28)16-5-9-17(24)10-6-16;/h5-12,20,28H,3-4,13-14H2,1-2H3;1H/b21-19+;. The van der Waals surface area contributed by atoms with E-state index in [2.05, 4.69) is 4.90 Å². The lowest BCUT2D eigenvalue weighted by Gasteiger charge is -2.28. The molecule has 3 rings (SSSR count). The van der Waals surface area contributed by atoms with Gasteiger partial charge in [0.05, 0.1) is 16.5 Å². The Morgan fingerprint density at radius 1 is 1.09 bits per heavy atom. The van der Waals surface area contributed by atoms with Crippen molar-refractivity contribution in [2.45, 2.75) is 19.9 Å². The second-order valence-corrected chi connectivity index (χ2v) is 7.81. The SMILES string of the molecule is CCN(CC)CCN1C(=O)C(=O)/C(=C(/O)c2ccc(Cl)cc2)C1c1ccc([N+](=O)[O-])cc1.Cl. The van der Waals surface area contributed by atoms with Crippen molar-refractivity contribution >= 4 is 47.1 Å². The summed E-state index contributed by atoms with van der Waals surface area (Å²) in [5.41, 5.74) is 0.699. The zero-order chi connectivity index (χ0) is 23.4. The molecule has 1 fully saturated rings. The molecule has 1 aliphatic heterocycles. The number of aliphatic hydroxyl groups is 1. The second-order valence-electron chi connectivity index (χ2n) is 7.37. The average Bonchev–Trinajstić information content (AvgIpc) is 3.04. The Morgan fingerprint density at radius 3 is 2.18 bits per heavy atom. The van der Waals surface area contributed by atoms with E-state index in [1.54, 1.807) is 24.3 Å². The number of Topliss-reactive ketones (excluding diaryl/α,β-unsaturated/α-hetero) is 1. The number of non-ortho nitro benzene ring substituents is 1. The number of ketones is 1. The summed E-state index contributed by atoms with van der Waals surface area (Å²) >= 11 is 5.93. The third-order valence-electron chi connectivity index (χ3n) is 5.63. The molecule has 0 spiro atoms. The average molecular weight is 494 g/mol. The molecule has 0 aromatic heterocycles. The van der Waals surface area contributed by atoms with Crippen LogP contribution < -0.4 is 0 Å². The maximum Gasteiger partial charge on any atom is 0.295 e. The summed E-state index contributed by atoms with van der Waals surface area (Å²) in [6.45, 7) is 6.40. The Hall–Kier alpha value is -2.94. The molecule has 1 aliphatic rings. The van der Waals surface area contributed by atoms with Crippen molar-refractivity contribution in [1.82, 2.24) is 9.80 Å². The highest BCUT2D eigenvalue weighted by atomic mass is 35.5. The molecule has 1 N–H and O–H groups in total. The minimum atomic E-state index is -0.859. The number of amides is 1. The van der Waals surface area contributed by atoms with Crippen molar-refractivity contribution in [2.75, 3.05) is 26.2 Å². The molecule has 1 saturated heterocycles. The van der Waals surface area contributed by atoms with Gasteiger partial charge >= 0.3 is 0 Å². The zero-order valence-corrected chi connectivity index (χ0v) is 19.8. The third-order valence-corrected chi connectivity index (χ3v) is 5.88. The summed E-state index contributed by atoms with van der Waals surface area (Å²) in [6.07, 6.45) is 0. The number of nitrogens with zero attached hydrogens (tertiary/aromatic N) is 3. The van der Waals surface area contributed by atoms with Gasteiger partial charge in [-0.05, 0) is 55.1 Å². The number of aliphatic hydroxyl groups excluding tert-OH is 1. The molecule has 10 heteroatoms. The van der Waals surface area contributed by atoms with Gasteiger partial charge in [-0.3, -0.25) is 19.7 Å². The summed E-state index contributed by atoms with van der Waals surface area (Å²) in [5, 5.41) is 22.5. The first-order valence-electron chi connectivity index (χ1n) is 10.3. The van der Waals surface area contributed by atoms with Crippen molar-refractivity contribution in [3.8, 4) is 0 Å². The van der Waals surface area contributed by atoms with Gasteiger partial charge in [-0.15, -0.1) is 12.4 Å². The van der Waals surface area contributed by atoms with Crippen LogP contribution in [0.5, 0.6) is 0 Å². The first-order chi connectivity index (χ1) is 15.3. The van der Waals surface area contributed by atoms with Crippen LogP contribution in [0.2, 0.25) is 5.02 Å². The largest absolute Gasteiger partial charge is 0.507 e. The molecule has 33 heavy (non-hydrogen) atoms. The number of nitro benzene ring substituents is 1. The van der Waals surface area contributed by atoms with Crippen LogP contribution in [0.15, 0.2) is 54.1 Å². The number of hydrogen-bond donors (Lipinski definition) is 1. The van der Waals surface area contributed by atoms with Crippen molar-refractivity contribution in [1.29, 1.82) is 0 Å². The summed E-state index contributed by atoms with van der Waals surface area (Å²) < 4.78 is 0. The van der Waals surface area contributed by atoms with Crippen LogP contribution >= 0.6 is 24.0 Å². The highest BCUT2D eigenvalue weighted by molar-refractivity contribution is 6.46. The van der Waals surface area contributed by atoms with Crippen LogP contribution in [0.1, 0.15) is 31.0 Å². The van der Waals surface area contributed by atoms with E-state index in [-0.39, 0.29) is 36.0 Å². The number of carbonyl (C=O) groups is 2. The van der Waals surface area contributed by atoms with Crippen molar-refractivity contribution in [2.24, 2.45) is 0 Å². The topological polar surface area (TPSA) is 104 Å². The molecule has 0 bridgehead atoms. The molecule has 2 aromatic carbocycles. The monoisotopic (exact) mass is 493 g/mol. The highest BCUT2D eigenvalue weighted by Gasteiger charge is 2.46. The van der Waals surface area contributed by atoms with Crippen LogP contribution in [0, 0.1) is 10.1 Å². The summed E-state index contributed by atoms with van der Waals surface area (Å²) in [4.78, 5) is 40.0. The van der Waals surface area contributed by atoms with E-state index in [0.29, 0.717) is 22.7 Å². The lowest BCUT2D eigenvalue weighted by atomic mass is 9.95. The molecule has 0 aliphatic carbocycles. The van der Waals surface area contributed by atoms with Gasteiger partial charge in [0.25, 0.3) is 17.4 Å². The Kier molecular flexibility index (Phi) is 8.99. The molecule has 1 amide bonds. The smallest absolute Gasteiger partial charge is 0.295 e. The van der Waals surface area contributed by atoms with Gasteiger partial charge in [-0.2, -0.15) is 0 Å². The maximum absolute atomic E-state index is 13.0. The van der Waals surface area contributed by atoms with Crippen molar-refractivity contribution in [3.63, 3.8) is 0 Å². The lowest BCUT2D eigenvalue weighted by molar-refractivity contribution is -0.384. The van der Waals surface area contributed by atoms with E-state index >= 15 is 0 Å². The molecule has 1 unspecified atom stereocenters. The van der Waals surface area contributed by atoms with Crippen LogP contribution in [0.3, 0.4) is 0 Å². The molecule has 8 nitrogen and oxygen atoms in total. The summed E-state index contributed by atoms with van der Waals surface area (Å²) in [5.74, 6) is -1.81. The molecular formula is C23H25Cl2N3O5. The van der Waals surface area contributed by atoms with E-state index in [1.165, 1.54) is 29.2 Å². The number of rotatable bonds is 8. The van der Waals surface area contributed by atoms with Gasteiger partial charge in [0, 0.05) is 35.8 Å². The highest BCUT2D eigenvalue weighted by Crippen LogP contribution is 2.39. The fourth-order valence-corrected chi connectivity index (χ4v) is 3.91. The van der Waals surface area contributed by atoms with E-state index in [4.69, 9.17) is 11.6 Å². The number of nitro groups is 1. The van der Waals surface area contributed by atoms with Crippen LogP contribution in [-0.2, 0) is 9.59 Å². The summed E-state index contributed by atoms with van der Waals surface area (Å²) in [6, 6.07) is 11.1. The number of benzene rings is 2. The minimum Gasteiger partial charge on any atom is -0.507 e. The zero-order valence-electron chi connectivity index (χ0n) is 18.2. The van der Waals surface area contributed by atoms with Gasteiger partial charge in [0.2, 0.25) is 0 Å². The van der Waals surface area contributed by atoms with Gasteiger partial charge < -0.3 is 14.9 Å². The van der Waals surface area contributed by atoms with Crippen molar-refractivity contribution < 1.29 is 19.6 Å². The van der Waals surface area contributed by atoms with Crippen LogP contribution in [0.25, 0.3) is 5.76 Å². The van der Waals surface area contributed by atoms with E-state index < -0.39 is 22.7 Å². The number of hydrogen-bond acceptors (Lipinski definition) is 6. The Bertz CT molecular complexity index is 1050. The quantitative estimate of drug-likeness (QED) is 0.191. The van der Waals surface area contributed by atoms with Gasteiger partial charge in [0.1, 0.15) is 5.76 Å². The van der Waals surface area contributed by atoms with Crippen LogP contribution in [-0.4, -0.2) is 57.7 Å². The number of likely N-dealkylation sites (N-methyl/N-ethyl adjacent to an activating group) is 1. The molecule has 176 valence electrons. The van der Waals surface area contributed by atoms with E-state index in [1.807, 2.05) is 13.8 Å². The predicted molar refractivity (Wildman–Crippen MR) is 129 cm³/mol. The molecule has 1 atom stereocenters. The molecule has 0 saturated carbocycles. The molecule has 2 aromatic rings. The van der Waals surface area contributed by atoms with Gasteiger partial charge in [0.15, 0.2) is 0 Å². The first kappa shape index (κ1) is 26.3. The Morgan fingerprint density at radius 2 is 1.67 bits per heavy atom. The lowest BCUT2D eigenvalue weighted by Crippen LogP contribution is -2.38. The fourth-order valence-electron chi connectivity index (χ4n) is 3.79. The van der Waals surface area contributed by atoms with E-state index in [0.717, 1.165) is 13.1 Å². The Balaban J connectivity index is 0.00000385. The predicted octanol–water partition coefficient (Wildman–Crippen LogP) is 4.43. The van der Waals surface area contributed by atoms with Gasteiger partial charge in [-0.25, -0.2) is 0 Å². The minimum absolute atomic E-state index is 0. The van der Waals surface area contributed by atoms with E-state index in [9.17, 15) is 24.8 Å². The number of halogens is 2. The second kappa shape index (κ2) is 11.3. The number of carbonyl (C=O) groups excluding carboxylic acids is 2. The van der Waals surface area contributed by atoms with Crippen molar-refractivity contribution in [3.05, 3.63) is 80.4 Å². The number of likely N-dealkylation sites (tertiary alicyclic amines) is 1. The maximum atomic E-state index is 13.0. The molecular weight excluding hydrogens is 469 g/mol. The van der Waals surface area contributed by atoms with Gasteiger partial charge in [-0.1, -0.05) is 25.4 Å².